The highest BCUT2D eigenvalue weighted by Gasteiger charge is 2.41. The fourth-order valence-electron chi connectivity index (χ4n) is 2.60. The van der Waals surface area contributed by atoms with E-state index in [0.29, 0.717) is 31.3 Å². The first kappa shape index (κ1) is 17.5. The molecule has 0 saturated carbocycles. The summed E-state index contributed by atoms with van der Waals surface area (Å²) < 4.78 is 25.5. The van der Waals surface area contributed by atoms with E-state index in [0.717, 1.165) is 5.56 Å². The molecule has 0 bridgehead atoms. The van der Waals surface area contributed by atoms with Crippen LogP contribution in [0.4, 0.5) is 4.39 Å². The molecule has 1 saturated heterocycles. The number of carbonyl (C=O) groups is 1. The summed E-state index contributed by atoms with van der Waals surface area (Å²) in [5.74, 6) is 0.728. The van der Waals surface area contributed by atoms with Gasteiger partial charge in [0.15, 0.2) is 11.5 Å². The summed E-state index contributed by atoms with van der Waals surface area (Å²) in [6.45, 7) is 7.28. The molecular weight excluding hydrogens is 299 g/mol. The van der Waals surface area contributed by atoms with Crippen molar-refractivity contribution in [3.8, 4) is 11.5 Å². The van der Waals surface area contributed by atoms with Crippen LogP contribution in [0.15, 0.2) is 18.2 Å². The molecular formula is C17H25FN2O3. The van der Waals surface area contributed by atoms with Crippen LogP contribution < -0.4 is 20.1 Å². The van der Waals surface area contributed by atoms with Gasteiger partial charge in [0.2, 0.25) is 5.67 Å². The first-order chi connectivity index (χ1) is 11.0. The van der Waals surface area contributed by atoms with E-state index in [1.54, 1.807) is 0 Å². The van der Waals surface area contributed by atoms with Crippen LogP contribution >= 0.6 is 0 Å². The predicted octanol–water partition coefficient (Wildman–Crippen LogP) is 2.36. The van der Waals surface area contributed by atoms with Crippen LogP contribution in [0.1, 0.15) is 38.8 Å². The van der Waals surface area contributed by atoms with Gasteiger partial charge in [-0.2, -0.15) is 0 Å². The van der Waals surface area contributed by atoms with Crippen molar-refractivity contribution in [1.29, 1.82) is 0 Å². The highest BCUT2D eigenvalue weighted by atomic mass is 19.1. The maximum Gasteiger partial charge on any atom is 0.259 e. The molecule has 2 N–H and O–H groups in total. The SMILES string of the molecule is CCOc1ccc(C(C)NC(=O)C2(F)CCNC2)cc1OCC. The lowest BCUT2D eigenvalue weighted by Gasteiger charge is -2.22. The number of nitrogens with one attached hydrogen (secondary N) is 2. The van der Waals surface area contributed by atoms with E-state index < -0.39 is 11.6 Å². The summed E-state index contributed by atoms with van der Waals surface area (Å²) in [4.78, 5) is 12.1. The van der Waals surface area contributed by atoms with E-state index in [9.17, 15) is 9.18 Å². The standard InChI is InChI=1S/C17H25FN2O3/c1-4-22-14-7-6-13(10-15(14)23-5-2)12(3)20-16(21)17(18)8-9-19-11-17/h6-7,10,12,19H,4-5,8-9,11H2,1-3H3,(H,20,21). The number of hydrogen-bond acceptors (Lipinski definition) is 4. The zero-order chi connectivity index (χ0) is 16.9. The minimum absolute atomic E-state index is 0.0685. The molecule has 5 nitrogen and oxygen atoms in total. The second-order valence-corrected chi connectivity index (χ2v) is 5.66. The monoisotopic (exact) mass is 324 g/mol. The number of ether oxygens (including phenoxy) is 2. The molecule has 128 valence electrons. The molecule has 23 heavy (non-hydrogen) atoms. The lowest BCUT2D eigenvalue weighted by molar-refractivity contribution is -0.132. The summed E-state index contributed by atoms with van der Waals surface area (Å²) in [6.07, 6.45) is 0.207. The van der Waals surface area contributed by atoms with E-state index in [1.165, 1.54) is 0 Å². The molecule has 0 aromatic heterocycles. The third-order valence-electron chi connectivity index (χ3n) is 3.93. The van der Waals surface area contributed by atoms with Crippen LogP contribution in [0.5, 0.6) is 11.5 Å². The number of hydrogen-bond donors (Lipinski definition) is 2. The quantitative estimate of drug-likeness (QED) is 0.808. The molecule has 1 aliphatic rings. The third kappa shape index (κ3) is 4.13. The maximum atomic E-state index is 14.4. The van der Waals surface area contributed by atoms with Crippen molar-refractivity contribution in [2.45, 2.75) is 38.9 Å². The smallest absolute Gasteiger partial charge is 0.259 e. The Morgan fingerprint density at radius 3 is 2.65 bits per heavy atom. The van der Waals surface area contributed by atoms with Crippen molar-refractivity contribution in [3.05, 3.63) is 23.8 Å². The van der Waals surface area contributed by atoms with E-state index in [4.69, 9.17) is 9.47 Å². The Labute approximate surface area is 136 Å². The van der Waals surface area contributed by atoms with Crippen molar-refractivity contribution < 1.29 is 18.7 Å². The molecule has 1 aromatic carbocycles. The normalized spacial score (nSPS) is 21.7. The molecule has 2 rings (SSSR count). The Morgan fingerprint density at radius 2 is 2.04 bits per heavy atom. The summed E-state index contributed by atoms with van der Waals surface area (Å²) in [6, 6.07) is 5.19. The molecule has 2 unspecified atom stereocenters. The largest absolute Gasteiger partial charge is 0.490 e. The Bertz CT molecular complexity index is 545. The molecule has 6 heteroatoms. The highest BCUT2D eigenvalue weighted by Crippen LogP contribution is 2.31. The number of halogens is 1. The summed E-state index contributed by atoms with van der Waals surface area (Å²) in [7, 11) is 0. The predicted molar refractivity (Wildman–Crippen MR) is 86.7 cm³/mol. The van der Waals surface area contributed by atoms with Gasteiger partial charge < -0.3 is 20.1 Å². The number of carbonyl (C=O) groups excluding carboxylic acids is 1. The minimum Gasteiger partial charge on any atom is -0.490 e. The van der Waals surface area contributed by atoms with Crippen LogP contribution in [0.3, 0.4) is 0 Å². The van der Waals surface area contributed by atoms with Gasteiger partial charge in [0.05, 0.1) is 19.3 Å². The number of amides is 1. The Morgan fingerprint density at radius 1 is 1.35 bits per heavy atom. The van der Waals surface area contributed by atoms with Crippen molar-refractivity contribution in [3.63, 3.8) is 0 Å². The van der Waals surface area contributed by atoms with Gasteiger partial charge in [0.1, 0.15) is 0 Å². The van der Waals surface area contributed by atoms with Gasteiger partial charge in [-0.1, -0.05) is 6.07 Å². The molecule has 1 amide bonds. The summed E-state index contributed by atoms with van der Waals surface area (Å²) in [5.41, 5.74) is -0.970. The number of benzene rings is 1. The van der Waals surface area contributed by atoms with Crippen molar-refractivity contribution in [2.75, 3.05) is 26.3 Å². The lowest BCUT2D eigenvalue weighted by Crippen LogP contribution is -2.45. The lowest BCUT2D eigenvalue weighted by atomic mass is 10.0. The summed E-state index contributed by atoms with van der Waals surface area (Å²) >= 11 is 0. The molecule has 0 radical (unpaired) electrons. The third-order valence-corrected chi connectivity index (χ3v) is 3.93. The van der Waals surface area contributed by atoms with Crippen molar-refractivity contribution in [1.82, 2.24) is 10.6 Å². The van der Waals surface area contributed by atoms with Gasteiger partial charge >= 0.3 is 0 Å². The number of alkyl halides is 1. The van der Waals surface area contributed by atoms with Gasteiger partial charge in [0, 0.05) is 13.0 Å². The maximum absolute atomic E-state index is 14.4. The van der Waals surface area contributed by atoms with Crippen LogP contribution in [0.25, 0.3) is 0 Å². The molecule has 1 aromatic rings. The molecule has 1 fully saturated rings. The average Bonchev–Trinajstić information content (AvgIpc) is 2.97. The zero-order valence-electron chi connectivity index (χ0n) is 13.9. The van der Waals surface area contributed by atoms with Gasteiger partial charge in [-0.15, -0.1) is 0 Å². The Kier molecular flexibility index (Phi) is 5.82. The van der Waals surface area contributed by atoms with Crippen LogP contribution in [0.2, 0.25) is 0 Å². The van der Waals surface area contributed by atoms with Gasteiger partial charge in [-0.25, -0.2) is 4.39 Å². The van der Waals surface area contributed by atoms with Crippen molar-refractivity contribution >= 4 is 5.91 Å². The van der Waals surface area contributed by atoms with E-state index in [1.807, 2.05) is 39.0 Å². The van der Waals surface area contributed by atoms with Gasteiger partial charge in [-0.05, 0) is 45.0 Å². The molecule has 0 spiro atoms. The first-order valence-corrected chi connectivity index (χ1v) is 8.10. The highest BCUT2D eigenvalue weighted by molar-refractivity contribution is 5.86. The topological polar surface area (TPSA) is 59.6 Å². The second-order valence-electron chi connectivity index (χ2n) is 5.66. The van der Waals surface area contributed by atoms with Gasteiger partial charge in [-0.3, -0.25) is 4.79 Å². The molecule has 1 aliphatic heterocycles. The van der Waals surface area contributed by atoms with Crippen molar-refractivity contribution in [2.24, 2.45) is 0 Å². The first-order valence-electron chi connectivity index (χ1n) is 8.10. The average molecular weight is 324 g/mol. The van der Waals surface area contributed by atoms with E-state index in [2.05, 4.69) is 10.6 Å². The minimum atomic E-state index is -1.82. The van der Waals surface area contributed by atoms with Crippen LogP contribution in [0, 0.1) is 0 Å². The molecule has 1 heterocycles. The van der Waals surface area contributed by atoms with E-state index >= 15 is 0 Å². The zero-order valence-corrected chi connectivity index (χ0v) is 13.9. The van der Waals surface area contributed by atoms with Crippen LogP contribution in [-0.2, 0) is 4.79 Å². The van der Waals surface area contributed by atoms with Crippen LogP contribution in [-0.4, -0.2) is 37.9 Å². The molecule has 0 aliphatic carbocycles. The van der Waals surface area contributed by atoms with E-state index in [-0.39, 0.29) is 19.0 Å². The fourth-order valence-corrected chi connectivity index (χ4v) is 2.60. The number of rotatable bonds is 7. The Balaban J connectivity index is 2.10. The van der Waals surface area contributed by atoms with Gasteiger partial charge in [0.25, 0.3) is 5.91 Å². The fraction of sp³-hybridized carbons (Fsp3) is 0.588. The second kappa shape index (κ2) is 7.64. The Hall–Kier alpha value is -1.82. The summed E-state index contributed by atoms with van der Waals surface area (Å²) in [5, 5.41) is 5.63. The molecule has 2 atom stereocenters.